The number of hydrogen-bond acceptors (Lipinski definition) is 6. The van der Waals surface area contributed by atoms with Gasteiger partial charge < -0.3 is 15.3 Å². The minimum atomic E-state index is -0.709. The Balaban J connectivity index is 1.86. The fourth-order valence-corrected chi connectivity index (χ4v) is 5.35. The summed E-state index contributed by atoms with van der Waals surface area (Å²) in [4.78, 5) is 29.5. The van der Waals surface area contributed by atoms with E-state index in [1.807, 2.05) is 4.90 Å². The molecule has 3 N–H and O–H groups in total. The summed E-state index contributed by atoms with van der Waals surface area (Å²) in [5.74, 6) is -2.62. The topological polar surface area (TPSA) is 98.1 Å². The zero-order valence-electron chi connectivity index (χ0n) is 18.8. The van der Waals surface area contributed by atoms with Crippen LogP contribution in [0.4, 0.5) is 0 Å². The van der Waals surface area contributed by atoms with E-state index in [9.17, 15) is 24.9 Å². The number of aliphatic hydroxyl groups is 1. The van der Waals surface area contributed by atoms with Crippen molar-refractivity contribution in [2.75, 3.05) is 26.2 Å². The minimum absolute atomic E-state index is 0.0383. The fourth-order valence-electron chi connectivity index (χ4n) is 4.91. The SMILES string of the molecule is O=C(c1cccc(O)c1)[C@H]1CN(CCO)C[C@H](C(=O)c2cccc(O)c2)C1c1cccc(Cl)c1Cl. The molecule has 1 saturated heterocycles. The number of nitrogens with zero attached hydrogens (tertiary/aromatic N) is 1. The number of aliphatic hydroxyl groups excluding tert-OH is 1. The predicted molar refractivity (Wildman–Crippen MR) is 135 cm³/mol. The number of phenolic OH excluding ortho intramolecular Hbond substituents is 2. The van der Waals surface area contributed by atoms with Crippen molar-refractivity contribution in [3.63, 3.8) is 0 Å². The molecule has 6 nitrogen and oxygen atoms in total. The first-order valence-corrected chi connectivity index (χ1v) is 12.0. The summed E-state index contributed by atoms with van der Waals surface area (Å²) in [7, 11) is 0. The van der Waals surface area contributed by atoms with Gasteiger partial charge in [-0.3, -0.25) is 14.5 Å². The van der Waals surface area contributed by atoms with Crippen LogP contribution in [0.5, 0.6) is 11.5 Å². The molecule has 182 valence electrons. The zero-order chi connectivity index (χ0) is 25.1. The highest BCUT2D eigenvalue weighted by Crippen LogP contribution is 2.44. The number of likely N-dealkylation sites (tertiary alicyclic amines) is 1. The molecule has 0 radical (unpaired) electrons. The van der Waals surface area contributed by atoms with Gasteiger partial charge >= 0.3 is 0 Å². The number of halogens is 2. The number of rotatable bonds is 7. The molecule has 1 aliphatic rings. The lowest BCUT2D eigenvalue weighted by molar-refractivity contribution is 0.0530. The molecule has 3 aromatic carbocycles. The normalized spacial score (nSPS) is 18.9. The number of β-amino-alcohol motifs (C(OH)–C–C–N with tert-alkyl or cyclic N) is 1. The van der Waals surface area contributed by atoms with Gasteiger partial charge in [-0.25, -0.2) is 0 Å². The smallest absolute Gasteiger partial charge is 0.167 e. The lowest BCUT2D eigenvalue weighted by atomic mass is 9.68. The average molecular weight is 514 g/mol. The molecule has 3 aromatic rings. The number of aromatic hydroxyl groups is 2. The number of piperidine rings is 1. The highest BCUT2D eigenvalue weighted by atomic mass is 35.5. The van der Waals surface area contributed by atoms with Gasteiger partial charge in [-0.05, 0) is 35.9 Å². The number of carbonyl (C=O) groups excluding carboxylic acids is 2. The van der Waals surface area contributed by atoms with Gasteiger partial charge in [0.05, 0.1) is 16.7 Å². The van der Waals surface area contributed by atoms with Gasteiger partial charge in [0.1, 0.15) is 11.5 Å². The molecule has 0 amide bonds. The first-order valence-electron chi connectivity index (χ1n) is 11.2. The van der Waals surface area contributed by atoms with Gasteiger partial charge in [0.2, 0.25) is 0 Å². The van der Waals surface area contributed by atoms with Crippen LogP contribution in [0.15, 0.2) is 66.7 Å². The van der Waals surface area contributed by atoms with E-state index in [1.165, 1.54) is 24.3 Å². The maximum Gasteiger partial charge on any atom is 0.167 e. The first-order chi connectivity index (χ1) is 16.8. The van der Waals surface area contributed by atoms with Gasteiger partial charge in [0.15, 0.2) is 11.6 Å². The highest BCUT2D eigenvalue weighted by molar-refractivity contribution is 6.42. The molecule has 1 aliphatic heterocycles. The van der Waals surface area contributed by atoms with Crippen molar-refractivity contribution in [2.24, 2.45) is 11.8 Å². The highest BCUT2D eigenvalue weighted by Gasteiger charge is 2.45. The van der Waals surface area contributed by atoms with Crippen molar-refractivity contribution in [1.82, 2.24) is 4.90 Å². The molecule has 8 heteroatoms. The Morgan fingerprint density at radius 2 is 1.34 bits per heavy atom. The Bertz CT molecular complexity index is 1180. The lowest BCUT2D eigenvalue weighted by Gasteiger charge is -2.43. The van der Waals surface area contributed by atoms with E-state index < -0.39 is 17.8 Å². The van der Waals surface area contributed by atoms with Crippen LogP contribution in [0.1, 0.15) is 32.2 Å². The molecular formula is C27H25Cl2NO5. The molecule has 4 rings (SSSR count). The average Bonchev–Trinajstić information content (AvgIpc) is 2.85. The summed E-state index contributed by atoms with van der Waals surface area (Å²) in [6.45, 7) is 0.713. The van der Waals surface area contributed by atoms with Crippen LogP contribution in [0.3, 0.4) is 0 Å². The van der Waals surface area contributed by atoms with Gasteiger partial charge in [0.25, 0.3) is 0 Å². The summed E-state index contributed by atoms with van der Waals surface area (Å²) >= 11 is 12.9. The maximum atomic E-state index is 13.8. The Labute approximate surface area is 213 Å². The largest absolute Gasteiger partial charge is 0.508 e. The molecule has 0 unspecified atom stereocenters. The van der Waals surface area contributed by atoms with Gasteiger partial charge in [-0.2, -0.15) is 0 Å². The minimum Gasteiger partial charge on any atom is -0.508 e. The molecule has 2 atom stereocenters. The van der Waals surface area contributed by atoms with E-state index in [0.717, 1.165) is 0 Å². The van der Waals surface area contributed by atoms with Crippen molar-refractivity contribution in [3.8, 4) is 11.5 Å². The lowest BCUT2D eigenvalue weighted by Crippen LogP contribution is -2.51. The van der Waals surface area contributed by atoms with Crippen molar-refractivity contribution < 1.29 is 24.9 Å². The number of ketones is 2. The van der Waals surface area contributed by atoms with Crippen LogP contribution in [0.25, 0.3) is 0 Å². The van der Waals surface area contributed by atoms with Crippen molar-refractivity contribution >= 4 is 34.8 Å². The summed E-state index contributed by atoms with van der Waals surface area (Å²) in [6.07, 6.45) is 0. The number of hydrogen-bond donors (Lipinski definition) is 3. The molecule has 0 spiro atoms. The van der Waals surface area contributed by atoms with Crippen molar-refractivity contribution in [3.05, 3.63) is 93.5 Å². The molecule has 35 heavy (non-hydrogen) atoms. The van der Waals surface area contributed by atoms with E-state index in [0.29, 0.717) is 21.7 Å². The third-order valence-corrected chi connectivity index (χ3v) is 7.30. The van der Waals surface area contributed by atoms with Crippen LogP contribution in [0, 0.1) is 11.8 Å². The van der Waals surface area contributed by atoms with Crippen molar-refractivity contribution in [1.29, 1.82) is 0 Å². The van der Waals surface area contributed by atoms with E-state index in [4.69, 9.17) is 23.2 Å². The third-order valence-electron chi connectivity index (χ3n) is 6.47. The van der Waals surface area contributed by atoms with Crippen LogP contribution in [-0.4, -0.2) is 58.0 Å². The van der Waals surface area contributed by atoms with E-state index in [-0.39, 0.29) is 54.3 Å². The number of phenols is 2. The molecule has 0 aromatic heterocycles. The second-order valence-electron chi connectivity index (χ2n) is 8.69. The first kappa shape index (κ1) is 25.2. The molecule has 0 bridgehead atoms. The van der Waals surface area contributed by atoms with Crippen molar-refractivity contribution in [2.45, 2.75) is 5.92 Å². The van der Waals surface area contributed by atoms with Gasteiger partial charge in [0, 0.05) is 48.5 Å². The zero-order valence-corrected chi connectivity index (χ0v) is 20.3. The Hall–Kier alpha value is -2.90. The quantitative estimate of drug-likeness (QED) is 0.392. The molecular weight excluding hydrogens is 489 g/mol. The summed E-state index contributed by atoms with van der Waals surface area (Å²) in [6, 6.07) is 17.3. The maximum absolute atomic E-state index is 13.8. The second kappa shape index (κ2) is 10.8. The van der Waals surface area contributed by atoms with E-state index >= 15 is 0 Å². The standard InChI is InChI=1S/C27H25Cl2NO5/c28-23-9-3-8-20(25(23)29)24-21(26(34)16-4-1-6-18(32)12-16)14-30(10-11-31)15-22(24)27(35)17-5-2-7-19(33)13-17/h1-9,12-13,21-22,24,31-33H,10-11,14-15H2/t21-,22-/m0/s1. The summed E-state index contributed by atoms with van der Waals surface area (Å²) < 4.78 is 0. The Morgan fingerprint density at radius 1 is 0.829 bits per heavy atom. The van der Waals surface area contributed by atoms with Crippen LogP contribution >= 0.6 is 23.2 Å². The Morgan fingerprint density at radius 3 is 1.83 bits per heavy atom. The molecule has 1 fully saturated rings. The van der Waals surface area contributed by atoms with Crippen LogP contribution < -0.4 is 0 Å². The number of Topliss-reactive ketones (excluding diaryl/α,β-unsaturated/α-hetero) is 2. The Kier molecular flexibility index (Phi) is 7.77. The number of carbonyl (C=O) groups is 2. The second-order valence-corrected chi connectivity index (χ2v) is 9.48. The monoisotopic (exact) mass is 513 g/mol. The summed E-state index contributed by atoms with van der Waals surface area (Å²) in [5, 5.41) is 30.1. The van der Waals surface area contributed by atoms with Crippen LogP contribution in [-0.2, 0) is 0 Å². The third kappa shape index (κ3) is 5.36. The molecule has 1 heterocycles. The van der Waals surface area contributed by atoms with Gasteiger partial charge in [-0.15, -0.1) is 0 Å². The van der Waals surface area contributed by atoms with E-state index in [2.05, 4.69) is 0 Å². The predicted octanol–water partition coefficient (Wildman–Crippen LogP) is 4.79. The van der Waals surface area contributed by atoms with Gasteiger partial charge in [-0.1, -0.05) is 59.6 Å². The van der Waals surface area contributed by atoms with E-state index in [1.54, 1.807) is 42.5 Å². The summed E-state index contributed by atoms with van der Waals surface area (Å²) in [5.41, 5.74) is 1.21. The number of benzene rings is 3. The van der Waals surface area contributed by atoms with Crippen LogP contribution in [0.2, 0.25) is 10.0 Å². The fraction of sp³-hybridized carbons (Fsp3) is 0.259. The molecule has 0 saturated carbocycles. The molecule has 0 aliphatic carbocycles.